The second-order valence-corrected chi connectivity index (χ2v) is 5.92. The lowest BCUT2D eigenvalue weighted by Crippen LogP contribution is -2.49. The SMILES string of the molecule is O=C(O)C(=O)C(OP(=O)(O)O)C(O)C(OP(=O)(O)O)C(=O)O. The molecule has 0 spiro atoms. The lowest BCUT2D eigenvalue weighted by Gasteiger charge is -2.25. The third kappa shape index (κ3) is 7.17. The van der Waals surface area contributed by atoms with E-state index in [-0.39, 0.29) is 0 Å². The molecule has 0 rings (SSSR count). The quantitative estimate of drug-likeness (QED) is 0.159. The Labute approximate surface area is 120 Å². The van der Waals surface area contributed by atoms with Gasteiger partial charge in [0.25, 0.3) is 5.78 Å². The molecule has 0 saturated heterocycles. The monoisotopic (exact) mass is 368 g/mol. The van der Waals surface area contributed by atoms with E-state index >= 15 is 0 Å². The normalized spacial score (nSPS) is 16.6. The molecule has 0 fully saturated rings. The van der Waals surface area contributed by atoms with E-state index in [0.717, 1.165) is 0 Å². The number of hydrogen-bond donors (Lipinski definition) is 7. The first-order chi connectivity index (χ1) is 9.65. The molecule has 3 unspecified atom stereocenters. The van der Waals surface area contributed by atoms with Gasteiger partial charge in [0.1, 0.15) is 6.10 Å². The van der Waals surface area contributed by atoms with Crippen LogP contribution in [0.2, 0.25) is 0 Å². The first kappa shape index (κ1) is 20.8. The van der Waals surface area contributed by atoms with Crippen molar-refractivity contribution in [3.8, 4) is 0 Å². The van der Waals surface area contributed by atoms with Gasteiger partial charge in [-0.05, 0) is 0 Å². The number of ketones is 1. The molecule has 0 aliphatic heterocycles. The van der Waals surface area contributed by atoms with Crippen molar-refractivity contribution in [1.82, 2.24) is 0 Å². The maximum atomic E-state index is 11.2. The average molecular weight is 368 g/mol. The molecular formula is C6H10O14P2. The number of carbonyl (C=O) groups is 3. The van der Waals surface area contributed by atoms with Crippen LogP contribution >= 0.6 is 15.6 Å². The Balaban J connectivity index is 5.63. The number of aliphatic carboxylic acids is 2. The molecule has 0 amide bonds. The summed E-state index contributed by atoms with van der Waals surface area (Å²) < 4.78 is 28.5. The van der Waals surface area contributed by atoms with Crippen LogP contribution in [0.15, 0.2) is 0 Å². The van der Waals surface area contributed by atoms with Crippen LogP contribution in [-0.2, 0) is 32.6 Å². The number of carboxylic acid groups (broad SMARTS) is 2. The second kappa shape index (κ2) is 7.37. The molecule has 0 saturated carbocycles. The fourth-order valence-electron chi connectivity index (χ4n) is 1.10. The summed E-state index contributed by atoms with van der Waals surface area (Å²) in [7, 11) is -11.1. The minimum Gasteiger partial charge on any atom is -0.479 e. The van der Waals surface area contributed by atoms with Gasteiger partial charge in [-0.3, -0.25) is 13.8 Å². The molecule has 0 aromatic rings. The molecule has 0 aliphatic rings. The van der Waals surface area contributed by atoms with Crippen LogP contribution in [-0.4, -0.2) is 70.9 Å². The van der Waals surface area contributed by atoms with Crippen molar-refractivity contribution in [3.05, 3.63) is 0 Å². The summed E-state index contributed by atoms with van der Waals surface area (Å²) in [6, 6.07) is 0. The highest BCUT2D eigenvalue weighted by molar-refractivity contribution is 7.46. The molecule has 0 aromatic heterocycles. The van der Waals surface area contributed by atoms with Crippen molar-refractivity contribution >= 4 is 33.4 Å². The van der Waals surface area contributed by atoms with Crippen LogP contribution in [0.5, 0.6) is 0 Å². The van der Waals surface area contributed by atoms with Crippen LogP contribution < -0.4 is 0 Å². The molecular weight excluding hydrogens is 358 g/mol. The van der Waals surface area contributed by atoms with Crippen molar-refractivity contribution in [2.75, 3.05) is 0 Å². The van der Waals surface area contributed by atoms with E-state index in [1.807, 2.05) is 0 Å². The Morgan fingerprint density at radius 2 is 1.18 bits per heavy atom. The lowest BCUT2D eigenvalue weighted by molar-refractivity contribution is -0.164. The number of aliphatic hydroxyl groups is 1. The van der Waals surface area contributed by atoms with E-state index in [9.17, 15) is 28.6 Å². The van der Waals surface area contributed by atoms with E-state index in [2.05, 4.69) is 9.05 Å². The summed E-state index contributed by atoms with van der Waals surface area (Å²) in [5.74, 6) is -6.82. The number of phosphoric ester groups is 2. The Morgan fingerprint density at radius 1 is 0.818 bits per heavy atom. The minimum atomic E-state index is -5.58. The molecule has 3 atom stereocenters. The second-order valence-electron chi connectivity index (χ2n) is 3.53. The zero-order valence-corrected chi connectivity index (χ0v) is 11.9. The average Bonchev–Trinajstić information content (AvgIpc) is 2.28. The van der Waals surface area contributed by atoms with Crippen molar-refractivity contribution in [3.63, 3.8) is 0 Å². The smallest absolute Gasteiger partial charge is 0.470 e. The van der Waals surface area contributed by atoms with Crippen LogP contribution in [0.4, 0.5) is 0 Å². The summed E-state index contributed by atoms with van der Waals surface area (Å²) in [6.07, 6.45) is -8.84. The molecule has 14 nitrogen and oxygen atoms in total. The maximum Gasteiger partial charge on any atom is 0.470 e. The highest BCUT2D eigenvalue weighted by atomic mass is 31.2. The van der Waals surface area contributed by atoms with Gasteiger partial charge in [0.15, 0.2) is 12.2 Å². The zero-order chi connectivity index (χ0) is 17.9. The summed E-state index contributed by atoms with van der Waals surface area (Å²) in [4.78, 5) is 66.4. The predicted octanol–water partition coefficient (Wildman–Crippen LogP) is -2.96. The van der Waals surface area contributed by atoms with E-state index in [0.29, 0.717) is 0 Å². The first-order valence-electron chi connectivity index (χ1n) is 4.81. The number of aliphatic hydroxyl groups excluding tert-OH is 1. The lowest BCUT2D eigenvalue weighted by atomic mass is 10.0. The maximum absolute atomic E-state index is 11.2. The number of carboxylic acids is 2. The summed E-state index contributed by atoms with van der Waals surface area (Å²) in [5, 5.41) is 26.5. The summed E-state index contributed by atoms with van der Waals surface area (Å²) >= 11 is 0. The first-order valence-corrected chi connectivity index (χ1v) is 7.87. The van der Waals surface area contributed by atoms with Gasteiger partial charge in [-0.2, -0.15) is 0 Å². The van der Waals surface area contributed by atoms with E-state index in [4.69, 9.17) is 29.8 Å². The molecule has 0 aliphatic carbocycles. The fourth-order valence-corrected chi connectivity index (χ4v) is 2.12. The molecule has 0 radical (unpaired) electrons. The molecule has 0 heterocycles. The van der Waals surface area contributed by atoms with E-state index in [1.165, 1.54) is 0 Å². The number of rotatable bonds is 9. The van der Waals surface area contributed by atoms with Gasteiger partial charge in [0, 0.05) is 0 Å². The highest BCUT2D eigenvalue weighted by Gasteiger charge is 2.46. The van der Waals surface area contributed by atoms with Crippen LogP contribution in [0.3, 0.4) is 0 Å². The standard InChI is InChI=1S/C6H10O14P2/c7-1(4(6(11)12)20-22(16,17)18)3(2(8)5(9)10)19-21(13,14)15/h1,3-4,7H,(H,9,10)(H,11,12)(H2,13,14,15)(H2,16,17,18). The highest BCUT2D eigenvalue weighted by Crippen LogP contribution is 2.42. The summed E-state index contributed by atoms with van der Waals surface area (Å²) in [6.45, 7) is 0. The van der Waals surface area contributed by atoms with Gasteiger partial charge in [-0.15, -0.1) is 0 Å². The van der Waals surface area contributed by atoms with Crippen molar-refractivity contribution in [2.45, 2.75) is 18.3 Å². The zero-order valence-electron chi connectivity index (χ0n) is 10.1. The molecule has 7 N–H and O–H groups in total. The number of carbonyl (C=O) groups excluding carboxylic acids is 1. The van der Waals surface area contributed by atoms with E-state index < -0.39 is 51.7 Å². The number of Topliss-reactive ketones (excluding diaryl/α,β-unsaturated/α-hetero) is 1. The van der Waals surface area contributed by atoms with Crippen LogP contribution in [0.25, 0.3) is 0 Å². The topological polar surface area (TPSA) is 245 Å². The number of phosphoric acid groups is 2. The van der Waals surface area contributed by atoms with Gasteiger partial charge in [0.05, 0.1) is 0 Å². The fraction of sp³-hybridized carbons (Fsp3) is 0.500. The summed E-state index contributed by atoms with van der Waals surface area (Å²) in [5.41, 5.74) is 0. The van der Waals surface area contributed by atoms with Crippen molar-refractivity contribution in [2.24, 2.45) is 0 Å². The molecule has 0 bridgehead atoms. The predicted molar refractivity (Wildman–Crippen MR) is 60.1 cm³/mol. The molecule has 0 aromatic carbocycles. The van der Waals surface area contributed by atoms with Gasteiger partial charge >= 0.3 is 27.6 Å². The Hall–Kier alpha value is -1.21. The third-order valence-corrected chi connectivity index (χ3v) is 2.84. The largest absolute Gasteiger partial charge is 0.479 e. The Bertz CT molecular complexity index is 542. The van der Waals surface area contributed by atoms with Crippen LogP contribution in [0, 0.1) is 0 Å². The molecule has 128 valence electrons. The van der Waals surface area contributed by atoms with Gasteiger partial charge in [0.2, 0.25) is 0 Å². The molecule has 16 heteroatoms. The Morgan fingerprint density at radius 3 is 1.45 bits per heavy atom. The van der Waals surface area contributed by atoms with Crippen LogP contribution in [0.1, 0.15) is 0 Å². The van der Waals surface area contributed by atoms with Gasteiger partial charge < -0.3 is 34.9 Å². The number of hydrogen-bond acceptors (Lipinski definition) is 8. The molecule has 22 heavy (non-hydrogen) atoms. The van der Waals surface area contributed by atoms with E-state index in [1.54, 1.807) is 0 Å². The van der Waals surface area contributed by atoms with Gasteiger partial charge in [-0.1, -0.05) is 0 Å². The third-order valence-electron chi connectivity index (χ3n) is 1.83. The van der Waals surface area contributed by atoms with Crippen molar-refractivity contribution in [1.29, 1.82) is 0 Å². The van der Waals surface area contributed by atoms with Crippen molar-refractivity contribution < 1.29 is 67.5 Å². The minimum absolute atomic E-state index is 2.18. The Kier molecular flexibility index (Phi) is 6.96. The van der Waals surface area contributed by atoms with Gasteiger partial charge in [-0.25, -0.2) is 18.7 Å².